The van der Waals surface area contributed by atoms with E-state index in [-0.39, 0.29) is 31.1 Å². The number of para-hydroxylation sites is 1. The standard InChI is InChI=1S/C28H38N2O6/c31-14-13-29-28(34)21-16-22(26(33)27-25(21)20-9-3-4-10-23(20)36-27)30(17-19-8-5-15-35-19)24(32)12-11-18-6-1-2-7-18/h3-4,9-10,16,18-19,22,25-27,31,33H,1-2,5-8,11-15,17H2,(H,29,34)/t19-,22+,25-,26-,27-/m0/s1. The molecule has 196 valence electrons. The zero-order valence-electron chi connectivity index (χ0n) is 20.8. The van der Waals surface area contributed by atoms with Gasteiger partial charge < -0.3 is 29.9 Å². The lowest BCUT2D eigenvalue weighted by molar-refractivity contribution is -0.139. The second-order valence-electron chi connectivity index (χ2n) is 10.6. The molecule has 8 heteroatoms. The maximum atomic E-state index is 13.6. The van der Waals surface area contributed by atoms with Crippen LogP contribution in [0, 0.1) is 5.92 Å². The summed E-state index contributed by atoms with van der Waals surface area (Å²) in [4.78, 5) is 28.6. The SMILES string of the molecule is O=C(NCCO)C1=C[C@@H](N(C[C@@H]2CCCO2)C(=O)CCC2CCCC2)[C@H](O)[C@H]2Oc3ccccc3[C@@H]12. The minimum absolute atomic E-state index is 0.0122. The Morgan fingerprint density at radius 2 is 1.92 bits per heavy atom. The highest BCUT2D eigenvalue weighted by atomic mass is 16.5. The molecule has 5 rings (SSSR count). The Morgan fingerprint density at radius 1 is 1.11 bits per heavy atom. The predicted molar refractivity (Wildman–Crippen MR) is 133 cm³/mol. The zero-order valence-corrected chi connectivity index (χ0v) is 20.8. The maximum Gasteiger partial charge on any atom is 0.247 e. The minimum Gasteiger partial charge on any atom is -0.486 e. The quantitative estimate of drug-likeness (QED) is 0.482. The van der Waals surface area contributed by atoms with Crippen LogP contribution >= 0.6 is 0 Å². The van der Waals surface area contributed by atoms with Gasteiger partial charge in [0.15, 0.2) is 0 Å². The molecule has 2 heterocycles. The van der Waals surface area contributed by atoms with E-state index < -0.39 is 24.2 Å². The number of nitrogens with zero attached hydrogens (tertiary/aromatic N) is 1. The fraction of sp³-hybridized carbons (Fsp3) is 0.643. The highest BCUT2D eigenvalue weighted by Gasteiger charge is 2.50. The number of amides is 2. The van der Waals surface area contributed by atoms with Crippen molar-refractivity contribution in [1.82, 2.24) is 10.2 Å². The fourth-order valence-corrected chi connectivity index (χ4v) is 6.36. The Kier molecular flexibility index (Phi) is 7.93. The number of nitrogens with one attached hydrogen (secondary N) is 1. The highest BCUT2D eigenvalue weighted by molar-refractivity contribution is 5.96. The monoisotopic (exact) mass is 498 g/mol. The average Bonchev–Trinajstić information content (AvgIpc) is 3.66. The topological polar surface area (TPSA) is 108 Å². The highest BCUT2D eigenvalue weighted by Crippen LogP contribution is 2.47. The third kappa shape index (κ3) is 5.17. The van der Waals surface area contributed by atoms with Gasteiger partial charge in [0.1, 0.15) is 18.0 Å². The van der Waals surface area contributed by atoms with Gasteiger partial charge in [0.25, 0.3) is 0 Å². The number of benzene rings is 1. The molecule has 0 radical (unpaired) electrons. The van der Waals surface area contributed by atoms with Gasteiger partial charge in [0.2, 0.25) is 11.8 Å². The van der Waals surface area contributed by atoms with Crippen molar-refractivity contribution in [3.05, 3.63) is 41.5 Å². The third-order valence-electron chi connectivity index (χ3n) is 8.22. The van der Waals surface area contributed by atoms with E-state index in [1.807, 2.05) is 24.3 Å². The van der Waals surface area contributed by atoms with Crippen LogP contribution in [0.2, 0.25) is 0 Å². The van der Waals surface area contributed by atoms with Crippen molar-refractivity contribution in [3.63, 3.8) is 0 Å². The van der Waals surface area contributed by atoms with Crippen LogP contribution in [0.15, 0.2) is 35.9 Å². The van der Waals surface area contributed by atoms with E-state index >= 15 is 0 Å². The van der Waals surface area contributed by atoms with E-state index in [4.69, 9.17) is 9.47 Å². The van der Waals surface area contributed by atoms with Crippen molar-refractivity contribution >= 4 is 11.8 Å². The van der Waals surface area contributed by atoms with Gasteiger partial charge in [-0.3, -0.25) is 9.59 Å². The number of hydrogen-bond donors (Lipinski definition) is 3. The Labute approximate surface area is 212 Å². The molecule has 0 unspecified atom stereocenters. The summed E-state index contributed by atoms with van der Waals surface area (Å²) >= 11 is 0. The molecule has 2 aliphatic carbocycles. The van der Waals surface area contributed by atoms with E-state index in [1.54, 1.807) is 11.0 Å². The van der Waals surface area contributed by atoms with Crippen LogP contribution in [0.25, 0.3) is 0 Å². The Bertz CT molecular complexity index is 969. The number of carbonyl (C=O) groups excluding carboxylic acids is 2. The van der Waals surface area contributed by atoms with Gasteiger partial charge in [-0.1, -0.05) is 43.9 Å². The Hall–Kier alpha value is -2.42. The normalized spacial score (nSPS) is 29.3. The number of fused-ring (bicyclic) bond motifs is 3. The lowest BCUT2D eigenvalue weighted by atomic mass is 9.77. The molecule has 0 aromatic heterocycles. The largest absolute Gasteiger partial charge is 0.486 e. The smallest absolute Gasteiger partial charge is 0.247 e. The van der Waals surface area contributed by atoms with Crippen molar-refractivity contribution in [2.24, 2.45) is 5.92 Å². The summed E-state index contributed by atoms with van der Waals surface area (Å²) in [6.45, 7) is 1.02. The van der Waals surface area contributed by atoms with Gasteiger partial charge in [-0.15, -0.1) is 0 Å². The van der Waals surface area contributed by atoms with E-state index in [0.29, 0.717) is 36.8 Å². The number of rotatable bonds is 9. The molecule has 1 saturated heterocycles. The average molecular weight is 499 g/mol. The molecule has 36 heavy (non-hydrogen) atoms. The Morgan fingerprint density at radius 3 is 2.67 bits per heavy atom. The van der Waals surface area contributed by atoms with Crippen molar-refractivity contribution in [2.75, 3.05) is 26.3 Å². The maximum absolute atomic E-state index is 13.6. The zero-order chi connectivity index (χ0) is 25.1. The molecule has 2 fully saturated rings. The number of aliphatic hydroxyl groups excluding tert-OH is 2. The van der Waals surface area contributed by atoms with E-state index in [1.165, 1.54) is 25.7 Å². The van der Waals surface area contributed by atoms with Crippen LogP contribution in [-0.2, 0) is 14.3 Å². The Balaban J connectivity index is 1.45. The molecular weight excluding hydrogens is 460 g/mol. The molecule has 0 bridgehead atoms. The molecule has 8 nitrogen and oxygen atoms in total. The van der Waals surface area contributed by atoms with Gasteiger partial charge >= 0.3 is 0 Å². The molecule has 1 aromatic carbocycles. The molecule has 2 amide bonds. The van der Waals surface area contributed by atoms with Gasteiger partial charge in [0, 0.05) is 37.3 Å². The van der Waals surface area contributed by atoms with Crippen LogP contribution in [0.1, 0.15) is 62.8 Å². The summed E-state index contributed by atoms with van der Waals surface area (Å²) in [5.74, 6) is 0.464. The van der Waals surface area contributed by atoms with Gasteiger partial charge in [0.05, 0.1) is 24.7 Å². The lowest BCUT2D eigenvalue weighted by Crippen LogP contribution is -2.57. The fourth-order valence-electron chi connectivity index (χ4n) is 6.36. The van der Waals surface area contributed by atoms with E-state index in [0.717, 1.165) is 24.8 Å². The first-order valence-electron chi connectivity index (χ1n) is 13.5. The first-order chi connectivity index (χ1) is 17.6. The van der Waals surface area contributed by atoms with Gasteiger partial charge in [-0.25, -0.2) is 0 Å². The van der Waals surface area contributed by atoms with Crippen LogP contribution in [-0.4, -0.2) is 77.6 Å². The molecule has 1 saturated carbocycles. The molecule has 0 spiro atoms. The summed E-state index contributed by atoms with van der Waals surface area (Å²) in [5, 5.41) is 23.6. The van der Waals surface area contributed by atoms with Crippen LogP contribution in [0.5, 0.6) is 5.75 Å². The molecular formula is C28H38N2O6. The summed E-state index contributed by atoms with van der Waals surface area (Å²) in [6, 6.07) is 6.82. The number of ether oxygens (including phenoxy) is 2. The van der Waals surface area contributed by atoms with E-state index in [9.17, 15) is 19.8 Å². The molecule has 2 aliphatic heterocycles. The first kappa shape index (κ1) is 25.2. The second kappa shape index (κ2) is 11.3. The summed E-state index contributed by atoms with van der Waals surface area (Å²) in [7, 11) is 0. The predicted octanol–water partition coefficient (Wildman–Crippen LogP) is 2.29. The summed E-state index contributed by atoms with van der Waals surface area (Å²) in [6.07, 6.45) is 7.93. The van der Waals surface area contributed by atoms with Gasteiger partial charge in [-0.2, -0.15) is 0 Å². The number of carbonyl (C=O) groups is 2. The van der Waals surface area contributed by atoms with Crippen molar-refractivity contribution in [3.8, 4) is 5.75 Å². The van der Waals surface area contributed by atoms with Gasteiger partial charge in [-0.05, 0) is 37.3 Å². The first-order valence-corrected chi connectivity index (χ1v) is 13.5. The summed E-state index contributed by atoms with van der Waals surface area (Å²) in [5.41, 5.74) is 1.32. The minimum atomic E-state index is -0.992. The number of aliphatic hydroxyl groups is 2. The summed E-state index contributed by atoms with van der Waals surface area (Å²) < 4.78 is 12.1. The molecule has 5 atom stereocenters. The number of hydrogen-bond acceptors (Lipinski definition) is 6. The van der Waals surface area contributed by atoms with E-state index in [2.05, 4.69) is 5.32 Å². The van der Waals surface area contributed by atoms with Crippen LogP contribution < -0.4 is 10.1 Å². The van der Waals surface area contributed by atoms with Crippen LogP contribution in [0.3, 0.4) is 0 Å². The molecule has 4 aliphatic rings. The molecule has 1 aromatic rings. The van der Waals surface area contributed by atoms with Crippen molar-refractivity contribution in [1.29, 1.82) is 0 Å². The molecule has 3 N–H and O–H groups in total. The van der Waals surface area contributed by atoms with Crippen LogP contribution in [0.4, 0.5) is 0 Å². The lowest BCUT2D eigenvalue weighted by Gasteiger charge is -2.41. The van der Waals surface area contributed by atoms with Crippen molar-refractivity contribution in [2.45, 2.75) is 81.6 Å². The third-order valence-corrected chi connectivity index (χ3v) is 8.22. The second-order valence-corrected chi connectivity index (χ2v) is 10.6. The van der Waals surface area contributed by atoms with Crippen molar-refractivity contribution < 1.29 is 29.3 Å².